The van der Waals surface area contributed by atoms with E-state index < -0.39 is 10.0 Å². The van der Waals surface area contributed by atoms with Gasteiger partial charge in [-0.25, -0.2) is 13.4 Å². The molecular weight excluding hydrogens is 330 g/mol. The number of anilines is 1. The molecule has 3 N–H and O–H groups in total. The van der Waals surface area contributed by atoms with Crippen LogP contribution in [0.4, 0.5) is 5.82 Å². The topological polar surface area (TPSA) is 85.1 Å². The quantitative estimate of drug-likeness (QED) is 0.891. The molecule has 0 saturated heterocycles. The van der Waals surface area contributed by atoms with E-state index in [1.165, 1.54) is 18.3 Å². The molecule has 1 heterocycles. The summed E-state index contributed by atoms with van der Waals surface area (Å²) >= 11 is 3.23. The van der Waals surface area contributed by atoms with Gasteiger partial charge >= 0.3 is 0 Å². The maximum atomic E-state index is 12.1. The van der Waals surface area contributed by atoms with E-state index in [9.17, 15) is 8.42 Å². The molecule has 0 atom stereocenters. The van der Waals surface area contributed by atoms with Gasteiger partial charge in [0.15, 0.2) is 0 Å². The smallest absolute Gasteiger partial charge is 0.263 e. The first-order chi connectivity index (χ1) is 9.01. The molecule has 0 amide bonds. The van der Waals surface area contributed by atoms with Crippen LogP contribution in [0.5, 0.6) is 0 Å². The van der Waals surface area contributed by atoms with Gasteiger partial charge in [-0.2, -0.15) is 0 Å². The summed E-state index contributed by atoms with van der Waals surface area (Å²) in [4.78, 5) is 4.14. The zero-order valence-electron chi connectivity index (χ0n) is 9.88. The Morgan fingerprint density at radius 3 is 2.37 bits per heavy atom. The van der Waals surface area contributed by atoms with E-state index in [0.717, 1.165) is 10.0 Å². The lowest BCUT2D eigenvalue weighted by atomic mass is 10.2. The number of nitrogens with zero attached hydrogens (tertiary/aromatic N) is 1. The molecule has 0 fully saturated rings. The Hall–Kier alpha value is -1.44. The molecule has 5 nitrogen and oxygen atoms in total. The van der Waals surface area contributed by atoms with Crippen molar-refractivity contribution in [2.75, 3.05) is 4.72 Å². The summed E-state index contributed by atoms with van der Waals surface area (Å²) < 4.78 is 27.4. The third kappa shape index (κ3) is 3.52. The first kappa shape index (κ1) is 14.0. The van der Waals surface area contributed by atoms with E-state index in [2.05, 4.69) is 25.6 Å². The van der Waals surface area contributed by atoms with Crippen molar-refractivity contribution in [2.24, 2.45) is 5.73 Å². The summed E-state index contributed by atoms with van der Waals surface area (Å²) in [7, 11) is -3.62. The van der Waals surface area contributed by atoms with Gasteiger partial charge in [0.1, 0.15) is 5.82 Å². The number of nitrogens with one attached hydrogen (secondary N) is 1. The van der Waals surface area contributed by atoms with Gasteiger partial charge in [0.05, 0.1) is 4.90 Å². The molecule has 19 heavy (non-hydrogen) atoms. The maximum Gasteiger partial charge on any atom is 0.263 e. The third-order valence-corrected chi connectivity index (χ3v) is 4.28. The molecule has 0 saturated carbocycles. The molecule has 0 bridgehead atoms. The van der Waals surface area contributed by atoms with E-state index in [0.29, 0.717) is 6.54 Å². The van der Waals surface area contributed by atoms with E-state index in [-0.39, 0.29) is 10.7 Å². The summed E-state index contributed by atoms with van der Waals surface area (Å²) in [5.74, 6) is 0.270. The summed E-state index contributed by atoms with van der Waals surface area (Å²) in [5, 5.41) is 0. The van der Waals surface area contributed by atoms with E-state index in [1.54, 1.807) is 24.3 Å². The highest BCUT2D eigenvalue weighted by Gasteiger charge is 2.14. The van der Waals surface area contributed by atoms with Crippen LogP contribution in [0.15, 0.2) is 52.0 Å². The molecule has 0 unspecified atom stereocenters. The lowest BCUT2D eigenvalue weighted by Gasteiger charge is -2.07. The number of pyridine rings is 1. The number of halogens is 1. The molecule has 1 aromatic carbocycles. The average molecular weight is 342 g/mol. The van der Waals surface area contributed by atoms with E-state index >= 15 is 0 Å². The molecule has 7 heteroatoms. The van der Waals surface area contributed by atoms with Crippen molar-refractivity contribution in [1.82, 2.24) is 4.98 Å². The largest absolute Gasteiger partial charge is 0.326 e. The van der Waals surface area contributed by atoms with Crippen molar-refractivity contribution >= 4 is 31.8 Å². The lowest BCUT2D eigenvalue weighted by Crippen LogP contribution is -2.14. The van der Waals surface area contributed by atoms with Crippen molar-refractivity contribution in [1.29, 1.82) is 0 Å². The van der Waals surface area contributed by atoms with E-state index in [1.807, 2.05) is 0 Å². The molecule has 0 spiro atoms. The molecule has 0 aliphatic carbocycles. The Bertz CT molecular complexity index is 654. The van der Waals surface area contributed by atoms with E-state index in [4.69, 9.17) is 5.73 Å². The van der Waals surface area contributed by atoms with Gasteiger partial charge in [0.25, 0.3) is 10.0 Å². The standard InChI is InChI=1S/C12H12BrN3O2S/c13-10-3-6-12(15-8-10)16-19(17,18)11-4-1-9(7-14)2-5-11/h1-6,8H,7,14H2,(H,15,16). The minimum atomic E-state index is -3.62. The Morgan fingerprint density at radius 1 is 1.16 bits per heavy atom. The van der Waals surface area contributed by atoms with Crippen LogP contribution in [0, 0.1) is 0 Å². The fraction of sp³-hybridized carbons (Fsp3) is 0.0833. The zero-order chi connectivity index (χ0) is 13.9. The number of nitrogens with two attached hydrogens (primary N) is 1. The predicted octanol–water partition coefficient (Wildman–Crippen LogP) is 2.10. The lowest BCUT2D eigenvalue weighted by molar-refractivity contribution is 0.601. The van der Waals surface area contributed by atoms with Crippen LogP contribution < -0.4 is 10.5 Å². The second-order valence-electron chi connectivity index (χ2n) is 3.82. The van der Waals surface area contributed by atoms with Crippen LogP contribution in [0.25, 0.3) is 0 Å². The summed E-state index contributed by atoms with van der Waals surface area (Å²) in [6.07, 6.45) is 1.52. The molecule has 2 rings (SSSR count). The predicted molar refractivity (Wildman–Crippen MR) is 77.1 cm³/mol. The van der Waals surface area contributed by atoms with Gasteiger partial charge in [-0.05, 0) is 45.8 Å². The van der Waals surface area contributed by atoms with Crippen LogP contribution in [0.2, 0.25) is 0 Å². The number of aromatic nitrogens is 1. The number of hydrogen-bond donors (Lipinski definition) is 2. The van der Waals surface area contributed by atoms with Gasteiger partial charge in [-0.1, -0.05) is 12.1 Å². The van der Waals surface area contributed by atoms with Crippen LogP contribution in [0.3, 0.4) is 0 Å². The maximum absolute atomic E-state index is 12.1. The van der Waals surface area contributed by atoms with Gasteiger partial charge in [-0.3, -0.25) is 4.72 Å². The Kier molecular flexibility index (Phi) is 4.18. The van der Waals surface area contributed by atoms with Crippen LogP contribution in [0.1, 0.15) is 5.56 Å². The normalized spacial score (nSPS) is 11.3. The van der Waals surface area contributed by atoms with Crippen molar-refractivity contribution in [2.45, 2.75) is 11.4 Å². The molecule has 0 aliphatic heterocycles. The van der Waals surface area contributed by atoms with Gasteiger partial charge in [0.2, 0.25) is 0 Å². The highest BCUT2D eigenvalue weighted by atomic mass is 79.9. The Morgan fingerprint density at radius 2 is 1.84 bits per heavy atom. The number of hydrogen-bond acceptors (Lipinski definition) is 4. The fourth-order valence-electron chi connectivity index (χ4n) is 1.44. The summed E-state index contributed by atoms with van der Waals surface area (Å²) in [6.45, 7) is 0.377. The Labute approximate surface area is 120 Å². The van der Waals surface area contributed by atoms with Gasteiger partial charge in [-0.15, -0.1) is 0 Å². The SMILES string of the molecule is NCc1ccc(S(=O)(=O)Nc2ccc(Br)cn2)cc1. The van der Waals surface area contributed by atoms with Crippen LogP contribution in [-0.2, 0) is 16.6 Å². The number of benzene rings is 1. The minimum absolute atomic E-state index is 0.175. The summed E-state index contributed by atoms with van der Waals surface area (Å²) in [5.41, 5.74) is 6.34. The second-order valence-corrected chi connectivity index (χ2v) is 6.41. The third-order valence-electron chi connectivity index (χ3n) is 2.44. The monoisotopic (exact) mass is 341 g/mol. The molecule has 1 aromatic heterocycles. The van der Waals surface area contributed by atoms with Crippen molar-refractivity contribution in [3.8, 4) is 0 Å². The molecule has 2 aromatic rings. The zero-order valence-corrected chi connectivity index (χ0v) is 12.3. The Balaban J connectivity index is 2.24. The number of sulfonamides is 1. The highest BCUT2D eigenvalue weighted by Crippen LogP contribution is 2.16. The average Bonchev–Trinajstić information content (AvgIpc) is 2.41. The van der Waals surface area contributed by atoms with Crippen molar-refractivity contribution in [3.05, 3.63) is 52.6 Å². The van der Waals surface area contributed by atoms with Gasteiger partial charge in [0, 0.05) is 17.2 Å². The molecule has 0 aliphatic rings. The second kappa shape index (κ2) is 5.68. The summed E-state index contributed by atoms with van der Waals surface area (Å²) in [6, 6.07) is 9.69. The van der Waals surface area contributed by atoms with Crippen LogP contribution >= 0.6 is 15.9 Å². The minimum Gasteiger partial charge on any atom is -0.326 e. The first-order valence-electron chi connectivity index (χ1n) is 5.44. The highest BCUT2D eigenvalue weighted by molar-refractivity contribution is 9.10. The number of rotatable bonds is 4. The molecular formula is C12H12BrN3O2S. The van der Waals surface area contributed by atoms with Crippen LogP contribution in [-0.4, -0.2) is 13.4 Å². The van der Waals surface area contributed by atoms with Crippen molar-refractivity contribution < 1.29 is 8.42 Å². The first-order valence-corrected chi connectivity index (χ1v) is 7.72. The molecule has 100 valence electrons. The van der Waals surface area contributed by atoms with Crippen molar-refractivity contribution in [3.63, 3.8) is 0 Å². The fourth-order valence-corrected chi connectivity index (χ4v) is 2.68. The van der Waals surface area contributed by atoms with Gasteiger partial charge < -0.3 is 5.73 Å². The molecule has 0 radical (unpaired) electrons.